The lowest BCUT2D eigenvalue weighted by Gasteiger charge is -2.35. The summed E-state index contributed by atoms with van der Waals surface area (Å²) in [4.78, 5) is 31.8. The third-order valence-corrected chi connectivity index (χ3v) is 10.9. The average molecular weight is 688 g/mol. The van der Waals surface area contributed by atoms with Crippen molar-refractivity contribution in [1.82, 2.24) is 34.8 Å². The number of fused-ring (bicyclic) bond motifs is 4. The van der Waals surface area contributed by atoms with E-state index in [-0.39, 0.29) is 29.1 Å². The number of anilines is 2. The van der Waals surface area contributed by atoms with Crippen LogP contribution in [0.3, 0.4) is 0 Å². The number of rotatable bonds is 6. The molecule has 2 atom stereocenters. The molecule has 0 unspecified atom stereocenters. The molecule has 50 heavy (non-hydrogen) atoms. The van der Waals surface area contributed by atoms with Gasteiger partial charge in [-0.3, -0.25) is 4.90 Å². The number of aryl methyl sites for hydroxylation is 2. The van der Waals surface area contributed by atoms with Crippen LogP contribution in [0.5, 0.6) is 11.8 Å². The van der Waals surface area contributed by atoms with Crippen LogP contribution in [-0.2, 0) is 32.4 Å². The molecule has 8 rings (SSSR count). The molecule has 12 nitrogen and oxygen atoms in total. The van der Waals surface area contributed by atoms with Gasteiger partial charge < -0.3 is 24.5 Å². The Bertz CT molecular complexity index is 1970. The molecule has 0 saturated carbocycles. The Balaban J connectivity index is 1.17. The second-order valence-corrected chi connectivity index (χ2v) is 14.3. The number of amides is 1. The number of carbonyl (C=O) groups excluding carboxylic acids is 1. The van der Waals surface area contributed by atoms with Crippen LogP contribution in [0.2, 0.25) is 0 Å². The van der Waals surface area contributed by atoms with Crippen molar-refractivity contribution in [2.24, 2.45) is 0 Å². The molecule has 0 radical (unpaired) electrons. The predicted molar refractivity (Wildman–Crippen MR) is 184 cm³/mol. The van der Waals surface area contributed by atoms with Gasteiger partial charge in [0.05, 0.1) is 30.0 Å². The van der Waals surface area contributed by atoms with Crippen molar-refractivity contribution in [3.63, 3.8) is 0 Å². The number of alkyl halides is 1. The third-order valence-electron chi connectivity index (χ3n) is 10.9. The summed E-state index contributed by atoms with van der Waals surface area (Å²) in [5.41, 5.74) is 4.31. The van der Waals surface area contributed by atoms with Crippen LogP contribution in [0.4, 0.5) is 25.1 Å². The highest BCUT2D eigenvalue weighted by molar-refractivity contribution is 5.98. The van der Waals surface area contributed by atoms with Gasteiger partial charge in [0.2, 0.25) is 0 Å². The summed E-state index contributed by atoms with van der Waals surface area (Å²) in [5.74, 6) is 0.600. The number of phenols is 1. The maximum absolute atomic E-state index is 15.1. The quantitative estimate of drug-likeness (QED) is 0.308. The first-order valence-electron chi connectivity index (χ1n) is 17.6. The summed E-state index contributed by atoms with van der Waals surface area (Å²) in [6, 6.07) is 6.48. The standard InChI is InChI=1S/C36H43F2N9O3/c1-4-25-27(38)9-8-22-15-24(48)16-31(32(22)25)44-14-10-26-29(19-44)39-34(50-21-36-11-6-13-46(36)18-23(37)17-36)40-33(26)45-12-5-7-28-30(20-45)42-47(41-28)35(49)43(2)3/h8-9,15-16,23,48H,4-7,10-14,17-21H2,1-3H3/t23-,36+/m1/s1. The Hall–Kier alpha value is -4.59. The van der Waals surface area contributed by atoms with Gasteiger partial charge >= 0.3 is 12.0 Å². The van der Waals surface area contributed by atoms with Crippen LogP contribution in [0.25, 0.3) is 10.8 Å². The molecule has 264 valence electrons. The molecule has 1 amide bonds. The highest BCUT2D eigenvalue weighted by Gasteiger charge is 2.49. The zero-order valence-corrected chi connectivity index (χ0v) is 28.8. The van der Waals surface area contributed by atoms with E-state index in [1.807, 2.05) is 6.92 Å². The Labute approximate surface area is 289 Å². The van der Waals surface area contributed by atoms with Crippen LogP contribution in [0, 0.1) is 5.82 Å². The van der Waals surface area contributed by atoms with E-state index in [1.54, 1.807) is 32.3 Å². The Morgan fingerprint density at radius 3 is 2.68 bits per heavy atom. The molecule has 1 N–H and O–H groups in total. The molecular weight excluding hydrogens is 644 g/mol. The smallest absolute Gasteiger partial charge is 0.361 e. The fourth-order valence-electron chi connectivity index (χ4n) is 8.47. The second-order valence-electron chi connectivity index (χ2n) is 14.3. The van der Waals surface area contributed by atoms with E-state index in [9.17, 15) is 14.3 Å². The van der Waals surface area contributed by atoms with Crippen molar-refractivity contribution in [3.8, 4) is 11.8 Å². The van der Waals surface area contributed by atoms with Crippen LogP contribution in [-0.4, -0.2) is 104 Å². The van der Waals surface area contributed by atoms with E-state index in [4.69, 9.17) is 14.7 Å². The maximum Gasteiger partial charge on any atom is 0.361 e. The number of hydrogen-bond donors (Lipinski definition) is 1. The van der Waals surface area contributed by atoms with Crippen molar-refractivity contribution in [1.29, 1.82) is 0 Å². The molecule has 14 heteroatoms. The number of hydrogen-bond acceptors (Lipinski definition) is 10. The summed E-state index contributed by atoms with van der Waals surface area (Å²) < 4.78 is 36.1. The summed E-state index contributed by atoms with van der Waals surface area (Å²) in [7, 11) is 3.34. The SMILES string of the molecule is CCc1c(F)ccc2cc(O)cc(N3CCc4c(nc(OC[C@@]56CCCN5C[C@H](F)C6)nc4N4CCCc5nn(C(=O)N(C)C)nc5C4)C3)c12. The lowest BCUT2D eigenvalue weighted by atomic mass is 9.95. The van der Waals surface area contributed by atoms with Gasteiger partial charge in [0.25, 0.3) is 0 Å². The minimum Gasteiger partial charge on any atom is -0.508 e. The molecule has 4 aliphatic rings. The molecule has 4 aliphatic heterocycles. The molecule has 0 spiro atoms. The Morgan fingerprint density at radius 1 is 1.04 bits per heavy atom. The number of halogens is 2. The Morgan fingerprint density at radius 2 is 1.86 bits per heavy atom. The maximum atomic E-state index is 15.1. The number of ether oxygens (including phenoxy) is 1. The zero-order valence-electron chi connectivity index (χ0n) is 28.8. The fraction of sp³-hybridized carbons (Fsp3) is 0.528. The van der Waals surface area contributed by atoms with Gasteiger partial charge in [-0.1, -0.05) is 17.8 Å². The summed E-state index contributed by atoms with van der Waals surface area (Å²) in [6.07, 6.45) is 4.03. The number of benzene rings is 2. The highest BCUT2D eigenvalue weighted by Crippen LogP contribution is 2.42. The minimum atomic E-state index is -0.874. The monoisotopic (exact) mass is 687 g/mol. The minimum absolute atomic E-state index is 0.114. The van der Waals surface area contributed by atoms with Crippen molar-refractivity contribution < 1.29 is 23.4 Å². The lowest BCUT2D eigenvalue weighted by Crippen LogP contribution is -2.43. The van der Waals surface area contributed by atoms with E-state index in [0.717, 1.165) is 75.5 Å². The van der Waals surface area contributed by atoms with Crippen molar-refractivity contribution in [3.05, 3.63) is 58.3 Å². The van der Waals surface area contributed by atoms with Gasteiger partial charge in [0, 0.05) is 62.9 Å². The number of aromatic nitrogens is 5. The van der Waals surface area contributed by atoms with E-state index in [0.29, 0.717) is 70.6 Å². The third kappa shape index (κ3) is 5.66. The second kappa shape index (κ2) is 12.6. The van der Waals surface area contributed by atoms with Crippen molar-refractivity contribution in [2.45, 2.75) is 76.7 Å². The van der Waals surface area contributed by atoms with E-state index >= 15 is 4.39 Å². The molecule has 2 saturated heterocycles. The summed E-state index contributed by atoms with van der Waals surface area (Å²) in [5, 5.41) is 21.4. The molecule has 6 heterocycles. The summed E-state index contributed by atoms with van der Waals surface area (Å²) >= 11 is 0. The fourth-order valence-corrected chi connectivity index (χ4v) is 8.47. The topological polar surface area (TPSA) is 116 Å². The van der Waals surface area contributed by atoms with E-state index in [2.05, 4.69) is 24.9 Å². The van der Waals surface area contributed by atoms with Crippen LogP contribution >= 0.6 is 0 Å². The van der Waals surface area contributed by atoms with Crippen molar-refractivity contribution in [2.75, 3.05) is 56.7 Å². The number of carbonyl (C=O) groups is 1. The Kier molecular flexibility index (Phi) is 8.23. The van der Waals surface area contributed by atoms with E-state index in [1.165, 1.54) is 11.0 Å². The number of phenolic OH excluding ortho intramolecular Hbond substituents is 1. The van der Waals surface area contributed by atoms with Gasteiger partial charge in [0.15, 0.2) is 0 Å². The largest absolute Gasteiger partial charge is 0.508 e. The summed E-state index contributed by atoms with van der Waals surface area (Å²) in [6.45, 7) is 5.65. The molecule has 0 bridgehead atoms. The first-order chi connectivity index (χ1) is 24.1. The molecule has 2 aromatic heterocycles. The van der Waals surface area contributed by atoms with Gasteiger partial charge in [0.1, 0.15) is 35.9 Å². The highest BCUT2D eigenvalue weighted by atomic mass is 19.1. The predicted octanol–water partition coefficient (Wildman–Crippen LogP) is 4.63. The molecule has 2 aromatic carbocycles. The number of nitrogens with zero attached hydrogens (tertiary/aromatic N) is 9. The molecule has 4 aromatic rings. The van der Waals surface area contributed by atoms with Crippen LogP contribution in [0.15, 0.2) is 24.3 Å². The average Bonchev–Trinajstić information content (AvgIpc) is 3.73. The van der Waals surface area contributed by atoms with Crippen molar-refractivity contribution >= 4 is 28.3 Å². The van der Waals surface area contributed by atoms with Gasteiger partial charge in [-0.05, 0) is 68.2 Å². The molecular formula is C36H43F2N9O3. The number of aromatic hydroxyl groups is 1. The first kappa shape index (κ1) is 32.6. The lowest BCUT2D eigenvalue weighted by molar-refractivity contribution is 0.107. The van der Waals surface area contributed by atoms with Gasteiger partial charge in [-0.2, -0.15) is 9.97 Å². The molecule has 2 fully saturated rings. The molecule has 0 aliphatic carbocycles. The zero-order chi connectivity index (χ0) is 34.7. The van der Waals surface area contributed by atoms with Crippen LogP contribution in [0.1, 0.15) is 60.8 Å². The van der Waals surface area contributed by atoms with E-state index < -0.39 is 6.17 Å². The normalized spacial score (nSPS) is 22.0. The van der Waals surface area contributed by atoms with Crippen LogP contribution < -0.4 is 14.5 Å². The van der Waals surface area contributed by atoms with Gasteiger partial charge in [-0.15, -0.1) is 10.2 Å². The first-order valence-corrected chi connectivity index (χ1v) is 17.6. The van der Waals surface area contributed by atoms with Gasteiger partial charge in [-0.25, -0.2) is 13.6 Å².